The Kier molecular flexibility index (Phi) is 4.23. The van der Waals surface area contributed by atoms with Crippen molar-refractivity contribution in [1.29, 1.82) is 0 Å². The molecule has 0 bridgehead atoms. The summed E-state index contributed by atoms with van der Waals surface area (Å²) in [6.07, 6.45) is 5.12. The van der Waals surface area contributed by atoms with Crippen LogP contribution >= 0.6 is 0 Å². The summed E-state index contributed by atoms with van der Waals surface area (Å²) in [5.41, 5.74) is 1.52. The molecule has 1 heterocycles. The van der Waals surface area contributed by atoms with Crippen molar-refractivity contribution in [3.8, 4) is 5.88 Å². The van der Waals surface area contributed by atoms with E-state index in [0.717, 1.165) is 31.0 Å². The van der Waals surface area contributed by atoms with Gasteiger partial charge >= 0.3 is 0 Å². The minimum Gasteiger partial charge on any atom is -0.474 e. The molecule has 1 aliphatic carbocycles. The summed E-state index contributed by atoms with van der Waals surface area (Å²) in [4.78, 5) is 4.51. The fourth-order valence-electron chi connectivity index (χ4n) is 2.46. The molecule has 1 saturated carbocycles. The number of aromatic nitrogens is 1. The number of rotatable bonds is 4. The number of hydrogen-bond donors (Lipinski definition) is 1. The van der Waals surface area contributed by atoms with Crippen molar-refractivity contribution >= 4 is 0 Å². The van der Waals surface area contributed by atoms with Gasteiger partial charge in [-0.15, -0.1) is 0 Å². The molecule has 100 valence electrons. The van der Waals surface area contributed by atoms with Crippen LogP contribution in [0.1, 0.15) is 45.2 Å². The monoisotopic (exact) mass is 248 g/mol. The summed E-state index contributed by atoms with van der Waals surface area (Å²) in [5.74, 6) is 0.771. The lowest BCUT2D eigenvalue weighted by atomic mass is 9.76. The van der Waals surface area contributed by atoms with Crippen LogP contribution in [0.3, 0.4) is 0 Å². The van der Waals surface area contributed by atoms with Gasteiger partial charge in [-0.1, -0.05) is 19.9 Å². The Bertz CT molecular complexity index is 380. The summed E-state index contributed by atoms with van der Waals surface area (Å²) < 4.78 is 6.00. The van der Waals surface area contributed by atoms with Gasteiger partial charge in [0.05, 0.1) is 5.69 Å². The first kappa shape index (κ1) is 13.3. The topological polar surface area (TPSA) is 34.1 Å². The lowest BCUT2D eigenvalue weighted by molar-refractivity contribution is 0.0947. The molecule has 1 aliphatic rings. The third-order valence-electron chi connectivity index (χ3n) is 3.71. The van der Waals surface area contributed by atoms with Crippen molar-refractivity contribution in [2.45, 2.75) is 52.2 Å². The lowest BCUT2D eigenvalue weighted by Crippen LogP contribution is -2.28. The fraction of sp³-hybridized carbons (Fsp3) is 0.667. The Morgan fingerprint density at radius 2 is 2.06 bits per heavy atom. The van der Waals surface area contributed by atoms with Gasteiger partial charge in [-0.05, 0) is 44.2 Å². The minimum atomic E-state index is 0.343. The van der Waals surface area contributed by atoms with Crippen molar-refractivity contribution in [1.82, 2.24) is 10.3 Å². The average Bonchev–Trinajstić information content (AvgIpc) is 2.33. The summed E-state index contributed by atoms with van der Waals surface area (Å²) in [6.45, 7) is 5.47. The molecule has 0 aliphatic heterocycles. The van der Waals surface area contributed by atoms with E-state index in [4.69, 9.17) is 4.74 Å². The van der Waals surface area contributed by atoms with E-state index in [1.807, 2.05) is 25.2 Å². The van der Waals surface area contributed by atoms with E-state index >= 15 is 0 Å². The van der Waals surface area contributed by atoms with E-state index in [0.29, 0.717) is 11.5 Å². The predicted octanol–water partition coefficient (Wildman–Crippen LogP) is 3.15. The minimum absolute atomic E-state index is 0.343. The van der Waals surface area contributed by atoms with Gasteiger partial charge in [0, 0.05) is 12.6 Å². The summed E-state index contributed by atoms with van der Waals surface area (Å²) in [5, 5.41) is 3.11. The molecule has 18 heavy (non-hydrogen) atoms. The van der Waals surface area contributed by atoms with Crippen LogP contribution in [0.2, 0.25) is 0 Å². The van der Waals surface area contributed by atoms with Gasteiger partial charge in [0.15, 0.2) is 0 Å². The van der Waals surface area contributed by atoms with Crippen LogP contribution in [0.15, 0.2) is 18.2 Å². The zero-order chi connectivity index (χ0) is 13.0. The molecular formula is C15H24N2O. The summed E-state index contributed by atoms with van der Waals surface area (Å²) in [6, 6.07) is 5.99. The Labute approximate surface area is 110 Å². The highest BCUT2D eigenvalue weighted by molar-refractivity contribution is 5.16. The standard InChI is InChI=1S/C15H24N2O/c1-15(2)9-7-13(8-10-15)18-14-6-4-5-12(17-14)11-16-3/h4-6,13,16H,7-11H2,1-3H3. The molecule has 0 radical (unpaired) electrons. The van der Waals surface area contributed by atoms with E-state index < -0.39 is 0 Å². The Balaban J connectivity index is 1.91. The van der Waals surface area contributed by atoms with Crippen LogP contribution in [0.4, 0.5) is 0 Å². The molecule has 0 atom stereocenters. The molecule has 1 aromatic rings. The molecule has 0 aromatic carbocycles. The molecule has 3 nitrogen and oxygen atoms in total. The highest BCUT2D eigenvalue weighted by atomic mass is 16.5. The quantitative estimate of drug-likeness (QED) is 0.888. The lowest BCUT2D eigenvalue weighted by Gasteiger charge is -2.34. The largest absolute Gasteiger partial charge is 0.474 e. The van der Waals surface area contributed by atoms with Gasteiger partial charge in [0.25, 0.3) is 0 Å². The number of hydrogen-bond acceptors (Lipinski definition) is 3. The van der Waals surface area contributed by atoms with Gasteiger partial charge in [0.2, 0.25) is 5.88 Å². The van der Waals surface area contributed by atoms with Gasteiger partial charge in [-0.3, -0.25) is 0 Å². The molecular weight excluding hydrogens is 224 g/mol. The predicted molar refractivity (Wildman–Crippen MR) is 73.7 cm³/mol. The van der Waals surface area contributed by atoms with Gasteiger partial charge in [-0.2, -0.15) is 0 Å². The molecule has 0 amide bonds. The number of pyridine rings is 1. The first-order valence-electron chi connectivity index (χ1n) is 6.86. The van der Waals surface area contributed by atoms with E-state index in [1.165, 1.54) is 12.8 Å². The maximum absolute atomic E-state index is 6.00. The van der Waals surface area contributed by atoms with Crippen molar-refractivity contribution in [2.75, 3.05) is 7.05 Å². The molecule has 0 unspecified atom stereocenters. The molecule has 1 N–H and O–H groups in total. The summed E-state index contributed by atoms with van der Waals surface area (Å²) in [7, 11) is 1.93. The Morgan fingerprint density at radius 3 is 2.72 bits per heavy atom. The van der Waals surface area contributed by atoms with E-state index in [1.54, 1.807) is 0 Å². The second-order valence-electron chi connectivity index (χ2n) is 5.98. The Morgan fingerprint density at radius 1 is 1.33 bits per heavy atom. The Hall–Kier alpha value is -1.09. The van der Waals surface area contributed by atoms with Crippen LogP contribution in [0.5, 0.6) is 5.88 Å². The molecule has 0 spiro atoms. The maximum Gasteiger partial charge on any atom is 0.213 e. The van der Waals surface area contributed by atoms with Gasteiger partial charge in [-0.25, -0.2) is 4.98 Å². The summed E-state index contributed by atoms with van der Waals surface area (Å²) >= 11 is 0. The zero-order valence-corrected chi connectivity index (χ0v) is 11.7. The average molecular weight is 248 g/mol. The smallest absolute Gasteiger partial charge is 0.213 e. The highest BCUT2D eigenvalue weighted by Gasteiger charge is 2.27. The zero-order valence-electron chi connectivity index (χ0n) is 11.7. The van der Waals surface area contributed by atoms with Crippen molar-refractivity contribution < 1.29 is 4.74 Å². The maximum atomic E-state index is 6.00. The van der Waals surface area contributed by atoms with E-state index in [2.05, 4.69) is 24.1 Å². The molecule has 2 rings (SSSR count). The highest BCUT2D eigenvalue weighted by Crippen LogP contribution is 2.36. The molecule has 0 saturated heterocycles. The van der Waals surface area contributed by atoms with Crippen molar-refractivity contribution in [3.05, 3.63) is 23.9 Å². The third kappa shape index (κ3) is 3.70. The molecule has 1 fully saturated rings. The van der Waals surface area contributed by atoms with Gasteiger partial charge in [0.1, 0.15) is 6.10 Å². The SMILES string of the molecule is CNCc1cccc(OC2CCC(C)(C)CC2)n1. The van der Waals surface area contributed by atoms with Crippen molar-refractivity contribution in [2.24, 2.45) is 5.41 Å². The van der Waals surface area contributed by atoms with E-state index in [9.17, 15) is 0 Å². The first-order valence-corrected chi connectivity index (χ1v) is 6.86. The van der Waals surface area contributed by atoms with Crippen LogP contribution in [0, 0.1) is 5.41 Å². The number of nitrogens with zero attached hydrogens (tertiary/aromatic N) is 1. The first-order chi connectivity index (χ1) is 8.59. The number of ether oxygens (including phenoxy) is 1. The number of nitrogens with one attached hydrogen (secondary N) is 1. The van der Waals surface area contributed by atoms with Crippen molar-refractivity contribution in [3.63, 3.8) is 0 Å². The van der Waals surface area contributed by atoms with E-state index in [-0.39, 0.29) is 0 Å². The van der Waals surface area contributed by atoms with Crippen LogP contribution < -0.4 is 10.1 Å². The van der Waals surface area contributed by atoms with Crippen LogP contribution in [-0.2, 0) is 6.54 Å². The second kappa shape index (κ2) is 5.70. The molecule has 1 aromatic heterocycles. The fourth-order valence-corrected chi connectivity index (χ4v) is 2.46. The molecule has 3 heteroatoms. The third-order valence-corrected chi connectivity index (χ3v) is 3.71. The van der Waals surface area contributed by atoms with Crippen LogP contribution in [0.25, 0.3) is 0 Å². The second-order valence-corrected chi connectivity index (χ2v) is 5.98. The van der Waals surface area contributed by atoms with Crippen LogP contribution in [-0.4, -0.2) is 18.1 Å². The van der Waals surface area contributed by atoms with Gasteiger partial charge < -0.3 is 10.1 Å². The normalized spacial score (nSPS) is 19.7.